The number of amides is 1. The number of anilines is 1. The van der Waals surface area contributed by atoms with Gasteiger partial charge in [-0.05, 0) is 42.8 Å². The van der Waals surface area contributed by atoms with Crippen LogP contribution in [0, 0.1) is 0 Å². The first kappa shape index (κ1) is 27.0. The van der Waals surface area contributed by atoms with Crippen LogP contribution >= 0.6 is 46.3 Å². The number of carbonyl (C=O) groups excluding carboxylic acids is 2. The van der Waals surface area contributed by atoms with Gasteiger partial charge in [-0.15, -0.1) is 21.5 Å². The van der Waals surface area contributed by atoms with Gasteiger partial charge in [0, 0.05) is 28.1 Å². The second-order valence-electron chi connectivity index (χ2n) is 7.59. The number of methoxy groups -OCH3 is 2. The average Bonchev–Trinajstić information content (AvgIpc) is 3.51. The number of carbonyl (C=O) groups is 2. The maximum Gasteiger partial charge on any atom is 0.341 e. The molecule has 0 saturated heterocycles. The van der Waals surface area contributed by atoms with Crippen molar-refractivity contribution in [3.8, 4) is 28.3 Å². The molecule has 0 fully saturated rings. The predicted molar refractivity (Wildman–Crippen MR) is 148 cm³/mol. The van der Waals surface area contributed by atoms with Crippen LogP contribution in [0.15, 0.2) is 53.0 Å². The summed E-state index contributed by atoms with van der Waals surface area (Å²) in [6.45, 7) is 2.53. The van der Waals surface area contributed by atoms with Crippen molar-refractivity contribution in [2.24, 2.45) is 0 Å². The number of hydrogen-bond donors (Lipinski definition) is 1. The van der Waals surface area contributed by atoms with E-state index in [1.54, 1.807) is 37.4 Å². The fourth-order valence-electron chi connectivity index (χ4n) is 3.58. The summed E-state index contributed by atoms with van der Waals surface area (Å²) in [5, 5.41) is 15.1. The van der Waals surface area contributed by atoms with E-state index in [4.69, 9.17) is 32.7 Å². The fraction of sp³-hybridized carbons (Fsp3) is 0.200. The Morgan fingerprint density at radius 2 is 1.84 bits per heavy atom. The van der Waals surface area contributed by atoms with Crippen molar-refractivity contribution < 1.29 is 19.1 Å². The molecule has 2 aromatic heterocycles. The molecule has 192 valence electrons. The third-order valence-electron chi connectivity index (χ3n) is 5.37. The normalized spacial score (nSPS) is 10.8. The molecule has 0 atom stereocenters. The maximum atomic E-state index is 12.9. The summed E-state index contributed by atoms with van der Waals surface area (Å²) in [6, 6.07) is 12.5. The largest absolute Gasteiger partial charge is 0.497 e. The Bertz CT molecular complexity index is 1440. The Kier molecular flexibility index (Phi) is 8.75. The second-order valence-corrected chi connectivity index (χ2v) is 10.3. The monoisotopic (exact) mass is 576 g/mol. The van der Waals surface area contributed by atoms with Crippen LogP contribution in [0.3, 0.4) is 0 Å². The number of thioether (sulfide) groups is 1. The van der Waals surface area contributed by atoms with Gasteiger partial charge in [-0.25, -0.2) is 4.79 Å². The van der Waals surface area contributed by atoms with Crippen molar-refractivity contribution >= 4 is 63.2 Å². The minimum Gasteiger partial charge on any atom is -0.497 e. The summed E-state index contributed by atoms with van der Waals surface area (Å²) >= 11 is 14.9. The topological polar surface area (TPSA) is 95.3 Å². The molecule has 2 heterocycles. The third-order valence-corrected chi connectivity index (χ3v) is 7.78. The summed E-state index contributed by atoms with van der Waals surface area (Å²) in [5.74, 6) is 0.510. The summed E-state index contributed by atoms with van der Waals surface area (Å²) in [7, 11) is 2.89. The molecule has 0 saturated carbocycles. The average molecular weight is 578 g/mol. The Morgan fingerprint density at radius 1 is 1.08 bits per heavy atom. The first-order valence-electron chi connectivity index (χ1n) is 11.0. The minimum atomic E-state index is -0.537. The Labute approximate surface area is 231 Å². The molecule has 37 heavy (non-hydrogen) atoms. The molecule has 0 aliphatic rings. The highest BCUT2D eigenvalue weighted by Gasteiger charge is 2.23. The first-order chi connectivity index (χ1) is 17.9. The van der Waals surface area contributed by atoms with Crippen molar-refractivity contribution in [3.05, 3.63) is 63.5 Å². The van der Waals surface area contributed by atoms with Crippen LogP contribution in [0.25, 0.3) is 22.5 Å². The number of halogens is 2. The minimum absolute atomic E-state index is 0.0584. The molecule has 0 radical (unpaired) electrons. The van der Waals surface area contributed by atoms with Gasteiger partial charge in [0.2, 0.25) is 5.91 Å². The summed E-state index contributed by atoms with van der Waals surface area (Å²) in [5.41, 5.74) is 2.46. The zero-order valence-corrected chi connectivity index (χ0v) is 23.2. The van der Waals surface area contributed by atoms with E-state index in [2.05, 4.69) is 15.5 Å². The highest BCUT2D eigenvalue weighted by molar-refractivity contribution is 7.99. The van der Waals surface area contributed by atoms with Gasteiger partial charge in [0.15, 0.2) is 11.0 Å². The molecule has 4 aromatic rings. The van der Waals surface area contributed by atoms with E-state index in [0.29, 0.717) is 55.0 Å². The first-order valence-corrected chi connectivity index (χ1v) is 13.6. The molecule has 1 amide bonds. The number of rotatable bonds is 9. The van der Waals surface area contributed by atoms with E-state index in [-0.39, 0.29) is 11.7 Å². The Balaban J connectivity index is 1.51. The van der Waals surface area contributed by atoms with E-state index < -0.39 is 5.97 Å². The van der Waals surface area contributed by atoms with Crippen molar-refractivity contribution in [2.75, 3.05) is 25.3 Å². The van der Waals surface area contributed by atoms with Crippen LogP contribution in [0.4, 0.5) is 5.00 Å². The highest BCUT2D eigenvalue weighted by Crippen LogP contribution is 2.37. The van der Waals surface area contributed by atoms with Crippen molar-refractivity contribution in [1.29, 1.82) is 0 Å². The van der Waals surface area contributed by atoms with Gasteiger partial charge in [-0.3, -0.25) is 4.79 Å². The van der Waals surface area contributed by atoms with Crippen molar-refractivity contribution in [3.63, 3.8) is 0 Å². The molecular formula is C25H22Cl2N4O4S2. The second kappa shape index (κ2) is 12.0. The van der Waals surface area contributed by atoms with Crippen LogP contribution in [-0.2, 0) is 16.1 Å². The number of aromatic nitrogens is 3. The van der Waals surface area contributed by atoms with Gasteiger partial charge in [0.05, 0.1) is 25.0 Å². The third kappa shape index (κ3) is 5.93. The number of hydrogen-bond acceptors (Lipinski definition) is 8. The smallest absolute Gasteiger partial charge is 0.341 e. The standard InChI is InChI=1S/C25H22Cl2N4O4S2/c1-4-31-22(17-10-7-15(26)11-19(17)27)29-30-25(31)37-13-20(32)28-23-21(24(33)35-3)18(12-36-23)14-5-8-16(34-2)9-6-14/h5-12H,4,13H2,1-3H3,(H,28,32). The van der Waals surface area contributed by atoms with Crippen LogP contribution in [0.5, 0.6) is 5.75 Å². The van der Waals surface area contributed by atoms with Gasteiger partial charge in [0.1, 0.15) is 16.3 Å². The number of benzene rings is 2. The molecule has 12 heteroatoms. The van der Waals surface area contributed by atoms with Gasteiger partial charge >= 0.3 is 5.97 Å². The van der Waals surface area contributed by atoms with E-state index in [1.807, 2.05) is 29.0 Å². The van der Waals surface area contributed by atoms with Gasteiger partial charge in [-0.2, -0.15) is 0 Å². The van der Waals surface area contributed by atoms with Gasteiger partial charge < -0.3 is 19.4 Å². The zero-order valence-electron chi connectivity index (χ0n) is 20.1. The molecule has 0 aliphatic carbocycles. The molecule has 1 N–H and O–H groups in total. The lowest BCUT2D eigenvalue weighted by molar-refractivity contribution is -0.113. The van der Waals surface area contributed by atoms with Gasteiger partial charge in [-0.1, -0.05) is 47.1 Å². The van der Waals surface area contributed by atoms with E-state index in [9.17, 15) is 9.59 Å². The SMILES string of the molecule is CCn1c(SCC(=O)Nc2scc(-c3ccc(OC)cc3)c2C(=O)OC)nnc1-c1ccc(Cl)cc1Cl. The summed E-state index contributed by atoms with van der Waals surface area (Å²) in [6.07, 6.45) is 0. The molecule has 0 spiro atoms. The molecule has 0 bridgehead atoms. The van der Waals surface area contributed by atoms with Crippen molar-refractivity contribution in [2.45, 2.75) is 18.6 Å². The number of thiophene rings is 1. The fourth-order valence-corrected chi connectivity index (χ4v) is 5.85. The van der Waals surface area contributed by atoms with Crippen LogP contribution in [0.1, 0.15) is 17.3 Å². The number of esters is 1. The van der Waals surface area contributed by atoms with Crippen LogP contribution < -0.4 is 10.1 Å². The number of ether oxygens (including phenoxy) is 2. The number of nitrogens with zero attached hydrogens (tertiary/aromatic N) is 3. The number of nitrogens with one attached hydrogen (secondary N) is 1. The van der Waals surface area contributed by atoms with Crippen LogP contribution in [-0.4, -0.2) is 46.6 Å². The molecule has 0 aliphatic heterocycles. The zero-order chi connectivity index (χ0) is 26.5. The lowest BCUT2D eigenvalue weighted by Crippen LogP contribution is -2.16. The van der Waals surface area contributed by atoms with Crippen LogP contribution in [0.2, 0.25) is 10.0 Å². The maximum absolute atomic E-state index is 12.9. The molecule has 4 rings (SSSR count). The van der Waals surface area contributed by atoms with E-state index in [1.165, 1.54) is 30.2 Å². The van der Waals surface area contributed by atoms with Gasteiger partial charge in [0.25, 0.3) is 0 Å². The molecule has 8 nitrogen and oxygen atoms in total. The summed E-state index contributed by atoms with van der Waals surface area (Å²) in [4.78, 5) is 25.5. The molecular weight excluding hydrogens is 555 g/mol. The lowest BCUT2D eigenvalue weighted by Gasteiger charge is -2.10. The van der Waals surface area contributed by atoms with E-state index in [0.717, 1.165) is 5.56 Å². The van der Waals surface area contributed by atoms with Crippen molar-refractivity contribution in [1.82, 2.24) is 14.8 Å². The Hall–Kier alpha value is -3.05. The molecule has 2 aromatic carbocycles. The predicted octanol–water partition coefficient (Wildman–Crippen LogP) is 6.53. The summed E-state index contributed by atoms with van der Waals surface area (Å²) < 4.78 is 12.1. The Morgan fingerprint density at radius 3 is 2.49 bits per heavy atom. The highest BCUT2D eigenvalue weighted by atomic mass is 35.5. The van der Waals surface area contributed by atoms with E-state index >= 15 is 0 Å². The quantitative estimate of drug-likeness (QED) is 0.179. The molecule has 0 unspecified atom stereocenters. The lowest BCUT2D eigenvalue weighted by atomic mass is 10.0.